The average molecular weight is 427 g/mol. The highest BCUT2D eigenvalue weighted by atomic mass is 16.5. The van der Waals surface area contributed by atoms with Crippen LogP contribution in [0.3, 0.4) is 0 Å². The van der Waals surface area contributed by atoms with Gasteiger partial charge in [-0.3, -0.25) is 9.78 Å². The van der Waals surface area contributed by atoms with Gasteiger partial charge in [-0.25, -0.2) is 4.98 Å². The van der Waals surface area contributed by atoms with Crippen molar-refractivity contribution in [2.45, 2.75) is 32.6 Å². The van der Waals surface area contributed by atoms with E-state index in [1.54, 1.807) is 0 Å². The second-order valence-electron chi connectivity index (χ2n) is 8.36. The molecule has 1 aliphatic rings. The van der Waals surface area contributed by atoms with Crippen LogP contribution in [0.4, 0.5) is 5.69 Å². The third-order valence-electron chi connectivity index (χ3n) is 6.14. The first-order valence-electron chi connectivity index (χ1n) is 11.0. The quantitative estimate of drug-likeness (QED) is 0.489. The number of aryl methyl sites for hydroxylation is 2. The summed E-state index contributed by atoms with van der Waals surface area (Å²) in [5.41, 5.74) is 6.10. The highest BCUT2D eigenvalue weighted by Crippen LogP contribution is 2.31. The second-order valence-corrected chi connectivity index (χ2v) is 8.36. The standard InChI is InChI=1S/C26H26N4O2/c1-17-5-7-21(8-6-17)29-26(31)23-14-20(15-27-18(23)2)22-4-3-11-30-24(22)16-28-25(30)19-9-12-32-13-10-19/h3-8,11,14-16,19H,9-10,12-13H2,1-2H3,(H,29,31). The highest BCUT2D eigenvalue weighted by molar-refractivity contribution is 6.05. The normalized spacial score (nSPS) is 14.6. The predicted molar refractivity (Wildman–Crippen MR) is 125 cm³/mol. The monoisotopic (exact) mass is 426 g/mol. The van der Waals surface area contributed by atoms with E-state index in [0.29, 0.717) is 17.2 Å². The highest BCUT2D eigenvalue weighted by Gasteiger charge is 2.21. The molecular formula is C26H26N4O2. The van der Waals surface area contributed by atoms with Crippen LogP contribution in [0.2, 0.25) is 0 Å². The Morgan fingerprint density at radius 3 is 2.62 bits per heavy atom. The van der Waals surface area contributed by atoms with Gasteiger partial charge in [0.25, 0.3) is 5.91 Å². The smallest absolute Gasteiger partial charge is 0.257 e. The topological polar surface area (TPSA) is 68.5 Å². The van der Waals surface area contributed by atoms with E-state index < -0.39 is 0 Å². The van der Waals surface area contributed by atoms with Crippen LogP contribution in [0.15, 0.2) is 61.1 Å². The molecule has 0 bridgehead atoms. The van der Waals surface area contributed by atoms with E-state index in [-0.39, 0.29) is 5.91 Å². The molecule has 0 saturated carbocycles. The molecule has 1 fully saturated rings. The first kappa shape index (κ1) is 20.4. The fraction of sp³-hybridized carbons (Fsp3) is 0.269. The van der Waals surface area contributed by atoms with Gasteiger partial charge in [0.05, 0.1) is 23.0 Å². The Morgan fingerprint density at radius 2 is 1.84 bits per heavy atom. The van der Waals surface area contributed by atoms with E-state index in [1.165, 1.54) is 0 Å². The number of aromatic nitrogens is 3. The van der Waals surface area contributed by atoms with Crippen LogP contribution in [-0.4, -0.2) is 33.5 Å². The van der Waals surface area contributed by atoms with Crippen molar-refractivity contribution in [1.29, 1.82) is 0 Å². The minimum absolute atomic E-state index is 0.163. The van der Waals surface area contributed by atoms with Gasteiger partial charge in [0, 0.05) is 48.3 Å². The zero-order valence-corrected chi connectivity index (χ0v) is 18.3. The Bertz CT molecular complexity index is 1270. The molecule has 3 aromatic heterocycles. The number of benzene rings is 1. The number of anilines is 1. The predicted octanol–water partition coefficient (Wildman–Crippen LogP) is 5.16. The molecule has 1 aliphatic heterocycles. The molecular weight excluding hydrogens is 400 g/mol. The lowest BCUT2D eigenvalue weighted by Crippen LogP contribution is -2.16. The van der Waals surface area contributed by atoms with Crippen LogP contribution in [0.5, 0.6) is 0 Å². The molecule has 4 heterocycles. The molecule has 0 atom stereocenters. The van der Waals surface area contributed by atoms with Gasteiger partial charge in [0.15, 0.2) is 0 Å². The van der Waals surface area contributed by atoms with E-state index in [2.05, 4.69) is 27.0 Å². The summed E-state index contributed by atoms with van der Waals surface area (Å²) in [5, 5.41) is 2.98. The molecule has 32 heavy (non-hydrogen) atoms. The number of nitrogens with zero attached hydrogens (tertiary/aromatic N) is 3. The van der Waals surface area contributed by atoms with Crippen LogP contribution in [-0.2, 0) is 4.74 Å². The Balaban J connectivity index is 1.49. The molecule has 0 aliphatic carbocycles. The van der Waals surface area contributed by atoms with Crippen LogP contribution >= 0.6 is 0 Å². The first-order valence-corrected chi connectivity index (χ1v) is 11.0. The van der Waals surface area contributed by atoms with E-state index in [4.69, 9.17) is 9.72 Å². The minimum Gasteiger partial charge on any atom is -0.381 e. The summed E-state index contributed by atoms with van der Waals surface area (Å²) in [6.07, 6.45) is 7.78. The number of rotatable bonds is 4. The third kappa shape index (κ3) is 3.89. The van der Waals surface area contributed by atoms with E-state index in [1.807, 2.05) is 62.6 Å². The zero-order valence-electron chi connectivity index (χ0n) is 18.3. The third-order valence-corrected chi connectivity index (χ3v) is 6.14. The largest absolute Gasteiger partial charge is 0.381 e. The van der Waals surface area contributed by atoms with Crippen LogP contribution < -0.4 is 5.32 Å². The molecule has 4 aromatic rings. The Labute approximate surface area is 187 Å². The molecule has 0 unspecified atom stereocenters. The molecule has 5 rings (SSSR count). The van der Waals surface area contributed by atoms with Crippen molar-refractivity contribution in [2.24, 2.45) is 0 Å². The molecule has 0 spiro atoms. The fourth-order valence-corrected chi connectivity index (χ4v) is 4.29. The van der Waals surface area contributed by atoms with Crippen molar-refractivity contribution in [3.05, 3.63) is 83.7 Å². The number of nitrogens with one attached hydrogen (secondary N) is 1. The Hall–Kier alpha value is -3.51. The number of hydrogen-bond donors (Lipinski definition) is 1. The van der Waals surface area contributed by atoms with Gasteiger partial charge >= 0.3 is 0 Å². The molecule has 0 radical (unpaired) electrons. The molecule has 1 saturated heterocycles. The number of imidazole rings is 1. The van der Waals surface area contributed by atoms with Gasteiger partial charge in [0.2, 0.25) is 0 Å². The minimum atomic E-state index is -0.163. The Morgan fingerprint density at radius 1 is 1.06 bits per heavy atom. The van der Waals surface area contributed by atoms with E-state index in [9.17, 15) is 4.79 Å². The lowest BCUT2D eigenvalue weighted by molar-refractivity contribution is 0.0835. The maximum atomic E-state index is 13.0. The van der Waals surface area contributed by atoms with Gasteiger partial charge in [-0.15, -0.1) is 0 Å². The number of carbonyl (C=O) groups excluding carboxylic acids is 1. The first-order chi connectivity index (χ1) is 15.6. The van der Waals surface area contributed by atoms with E-state index in [0.717, 1.165) is 59.8 Å². The van der Waals surface area contributed by atoms with Crippen molar-refractivity contribution in [2.75, 3.05) is 18.5 Å². The lowest BCUT2D eigenvalue weighted by Gasteiger charge is -2.21. The van der Waals surface area contributed by atoms with Crippen LogP contribution in [0.25, 0.3) is 16.6 Å². The maximum Gasteiger partial charge on any atom is 0.257 e. The van der Waals surface area contributed by atoms with Crippen LogP contribution in [0, 0.1) is 13.8 Å². The second kappa shape index (κ2) is 8.55. The number of amides is 1. The van der Waals surface area contributed by atoms with Crippen molar-refractivity contribution >= 4 is 17.1 Å². The maximum absolute atomic E-state index is 13.0. The van der Waals surface area contributed by atoms with Crippen molar-refractivity contribution < 1.29 is 9.53 Å². The van der Waals surface area contributed by atoms with Crippen molar-refractivity contribution in [1.82, 2.24) is 14.4 Å². The van der Waals surface area contributed by atoms with Gasteiger partial charge in [-0.05, 0) is 51.0 Å². The van der Waals surface area contributed by atoms with Gasteiger partial charge < -0.3 is 14.5 Å². The van der Waals surface area contributed by atoms with Crippen molar-refractivity contribution in [3.63, 3.8) is 0 Å². The molecule has 1 amide bonds. The van der Waals surface area contributed by atoms with Gasteiger partial charge in [-0.1, -0.05) is 23.8 Å². The molecule has 1 N–H and O–H groups in total. The van der Waals surface area contributed by atoms with E-state index >= 15 is 0 Å². The SMILES string of the molecule is Cc1ccc(NC(=O)c2cc(-c3cccn4c(C5CCOCC5)ncc34)cnc2C)cc1. The summed E-state index contributed by atoms with van der Waals surface area (Å²) in [6.45, 7) is 5.44. The number of carbonyl (C=O) groups is 1. The number of hydrogen-bond acceptors (Lipinski definition) is 4. The summed E-state index contributed by atoms with van der Waals surface area (Å²) >= 11 is 0. The fourth-order valence-electron chi connectivity index (χ4n) is 4.29. The number of pyridine rings is 2. The summed E-state index contributed by atoms with van der Waals surface area (Å²) in [4.78, 5) is 22.3. The molecule has 6 nitrogen and oxygen atoms in total. The summed E-state index contributed by atoms with van der Waals surface area (Å²) in [5.74, 6) is 1.31. The zero-order chi connectivity index (χ0) is 22.1. The number of fused-ring (bicyclic) bond motifs is 1. The van der Waals surface area contributed by atoms with Gasteiger partial charge in [-0.2, -0.15) is 0 Å². The lowest BCUT2D eigenvalue weighted by atomic mass is 9.99. The molecule has 6 heteroatoms. The average Bonchev–Trinajstić information content (AvgIpc) is 3.26. The number of ether oxygens (including phenoxy) is 1. The molecule has 1 aromatic carbocycles. The van der Waals surface area contributed by atoms with Gasteiger partial charge in [0.1, 0.15) is 5.82 Å². The van der Waals surface area contributed by atoms with Crippen molar-refractivity contribution in [3.8, 4) is 11.1 Å². The Kier molecular flexibility index (Phi) is 5.45. The molecule has 162 valence electrons. The summed E-state index contributed by atoms with van der Waals surface area (Å²) in [6, 6.07) is 13.8. The summed E-state index contributed by atoms with van der Waals surface area (Å²) < 4.78 is 7.68. The summed E-state index contributed by atoms with van der Waals surface area (Å²) in [7, 11) is 0. The van der Waals surface area contributed by atoms with Crippen LogP contribution in [0.1, 0.15) is 46.2 Å².